The van der Waals surface area contributed by atoms with Crippen molar-refractivity contribution in [3.8, 4) is 5.75 Å². The van der Waals surface area contributed by atoms with Crippen molar-refractivity contribution in [1.82, 2.24) is 9.80 Å². The summed E-state index contributed by atoms with van der Waals surface area (Å²) in [6.07, 6.45) is 1.35. The fraction of sp³-hybridized carbons (Fsp3) is 0.423. The highest BCUT2D eigenvalue weighted by molar-refractivity contribution is 8.14. The number of carbonyl (C=O) groups excluding carboxylic acids is 2. The first-order valence-electron chi connectivity index (χ1n) is 11.6. The minimum atomic E-state index is -0.0978. The number of aryl methyl sites for hydroxylation is 1. The van der Waals surface area contributed by atoms with E-state index in [1.54, 1.807) is 11.8 Å². The van der Waals surface area contributed by atoms with Crippen LogP contribution in [0.3, 0.4) is 0 Å². The van der Waals surface area contributed by atoms with Gasteiger partial charge in [-0.2, -0.15) is 0 Å². The Labute approximate surface area is 200 Å². The second-order valence-electron chi connectivity index (χ2n) is 8.54. The summed E-state index contributed by atoms with van der Waals surface area (Å²) in [5.41, 5.74) is 2.47. The molecule has 2 heterocycles. The van der Waals surface area contributed by atoms with Gasteiger partial charge in [-0.15, -0.1) is 0 Å². The van der Waals surface area contributed by atoms with Gasteiger partial charge in [0.05, 0.1) is 6.61 Å². The molecule has 6 nitrogen and oxygen atoms in total. The Kier molecular flexibility index (Phi) is 7.38. The van der Waals surface area contributed by atoms with Crippen molar-refractivity contribution >= 4 is 34.4 Å². The van der Waals surface area contributed by atoms with Crippen molar-refractivity contribution in [3.05, 3.63) is 59.7 Å². The van der Waals surface area contributed by atoms with Crippen molar-refractivity contribution in [2.24, 2.45) is 10.9 Å². The summed E-state index contributed by atoms with van der Waals surface area (Å²) < 4.78 is 5.71. The summed E-state index contributed by atoms with van der Waals surface area (Å²) >= 11 is 1.61. The van der Waals surface area contributed by atoms with Crippen molar-refractivity contribution in [2.75, 3.05) is 25.4 Å². The van der Waals surface area contributed by atoms with Gasteiger partial charge in [0, 0.05) is 36.4 Å². The maximum absolute atomic E-state index is 13.5. The van der Waals surface area contributed by atoms with Gasteiger partial charge in [-0.1, -0.05) is 42.1 Å². The van der Waals surface area contributed by atoms with E-state index in [1.165, 1.54) is 0 Å². The molecule has 0 aromatic heterocycles. The molecule has 0 radical (unpaired) electrons. The Bertz CT molecular complexity index is 1050. The van der Waals surface area contributed by atoms with Gasteiger partial charge in [0.1, 0.15) is 11.4 Å². The second kappa shape index (κ2) is 10.4. The van der Waals surface area contributed by atoms with Crippen LogP contribution in [0.25, 0.3) is 0 Å². The minimum absolute atomic E-state index is 0.0545. The highest BCUT2D eigenvalue weighted by Gasteiger charge is 2.38. The molecule has 0 saturated carbocycles. The third-order valence-corrected chi connectivity index (χ3v) is 7.42. The van der Waals surface area contributed by atoms with Crippen molar-refractivity contribution < 1.29 is 14.3 Å². The zero-order chi connectivity index (χ0) is 23.4. The van der Waals surface area contributed by atoms with Gasteiger partial charge in [0.15, 0.2) is 5.17 Å². The molecule has 4 rings (SSSR count). The van der Waals surface area contributed by atoms with E-state index in [0.29, 0.717) is 32.5 Å². The lowest BCUT2D eigenvalue weighted by molar-refractivity contribution is -0.133. The molecule has 33 heavy (non-hydrogen) atoms. The second-order valence-corrected chi connectivity index (χ2v) is 9.53. The van der Waals surface area contributed by atoms with E-state index in [0.717, 1.165) is 33.5 Å². The molecule has 2 aromatic carbocycles. The monoisotopic (exact) mass is 465 g/mol. The highest BCUT2D eigenvalue weighted by Crippen LogP contribution is 2.34. The number of amides is 2. The quantitative estimate of drug-likeness (QED) is 0.630. The largest absolute Gasteiger partial charge is 0.492 e. The summed E-state index contributed by atoms with van der Waals surface area (Å²) in [5.74, 6) is 1.62. The van der Waals surface area contributed by atoms with E-state index in [2.05, 4.69) is 6.92 Å². The molecular formula is C26H31N3O3S. The molecule has 1 unspecified atom stereocenters. The lowest BCUT2D eigenvalue weighted by atomic mass is 9.94. The Balaban J connectivity index is 1.45. The Morgan fingerprint density at radius 3 is 2.52 bits per heavy atom. The van der Waals surface area contributed by atoms with Gasteiger partial charge in [-0.25, -0.2) is 4.99 Å². The van der Waals surface area contributed by atoms with Crippen molar-refractivity contribution in [3.63, 3.8) is 0 Å². The zero-order valence-corrected chi connectivity index (χ0v) is 20.3. The molecule has 0 bridgehead atoms. The summed E-state index contributed by atoms with van der Waals surface area (Å²) in [6.45, 7) is 7.73. The topological polar surface area (TPSA) is 62.2 Å². The number of hydrogen-bond donors (Lipinski definition) is 0. The number of likely N-dealkylation sites (tertiary alicyclic amines) is 1. The first kappa shape index (κ1) is 23.4. The number of carbonyl (C=O) groups is 2. The van der Waals surface area contributed by atoms with Crippen LogP contribution < -0.4 is 4.74 Å². The highest BCUT2D eigenvalue weighted by atomic mass is 32.2. The molecule has 0 aliphatic carbocycles. The molecule has 2 aliphatic rings. The predicted molar refractivity (Wildman–Crippen MR) is 133 cm³/mol. The smallest absolute Gasteiger partial charge is 0.254 e. The average molecular weight is 466 g/mol. The standard InChI is InChI=1S/C26H31N3O3S/c1-4-32-23-12-8-7-11-22(23)27-26-29(19(3)17-33-26)24(30)20-13-15-28(16-14-20)25(31)21-10-6-5-9-18(21)2/h5-12,19-20H,4,13-17H2,1-3H3. The number of rotatable bonds is 5. The van der Waals surface area contributed by atoms with E-state index < -0.39 is 0 Å². The van der Waals surface area contributed by atoms with Gasteiger partial charge in [0.25, 0.3) is 5.91 Å². The molecular weight excluding hydrogens is 434 g/mol. The van der Waals surface area contributed by atoms with Crippen LogP contribution in [0.4, 0.5) is 5.69 Å². The number of ether oxygens (including phenoxy) is 1. The van der Waals surface area contributed by atoms with Crippen LogP contribution in [0.15, 0.2) is 53.5 Å². The van der Waals surface area contributed by atoms with Gasteiger partial charge in [-0.3, -0.25) is 14.5 Å². The summed E-state index contributed by atoms with van der Waals surface area (Å²) in [4.78, 5) is 35.0. The van der Waals surface area contributed by atoms with Crippen LogP contribution in [0.5, 0.6) is 5.75 Å². The summed E-state index contributed by atoms with van der Waals surface area (Å²) in [7, 11) is 0. The fourth-order valence-electron chi connectivity index (χ4n) is 4.36. The Morgan fingerprint density at radius 2 is 1.79 bits per heavy atom. The predicted octanol–water partition coefficient (Wildman–Crippen LogP) is 4.90. The normalized spacial score (nSPS) is 20.3. The molecule has 0 N–H and O–H groups in total. The van der Waals surface area contributed by atoms with Crippen LogP contribution in [-0.2, 0) is 4.79 Å². The molecule has 1 atom stereocenters. The SMILES string of the molecule is CCOc1ccccc1N=C1SCC(C)N1C(=O)C1CCN(C(=O)c2ccccc2C)CC1. The maximum Gasteiger partial charge on any atom is 0.254 e. The number of thioether (sulfide) groups is 1. The van der Waals surface area contributed by atoms with E-state index in [-0.39, 0.29) is 23.8 Å². The van der Waals surface area contributed by atoms with E-state index in [4.69, 9.17) is 9.73 Å². The third-order valence-electron chi connectivity index (χ3n) is 6.23. The summed E-state index contributed by atoms with van der Waals surface area (Å²) in [6, 6.07) is 15.4. The molecule has 7 heteroatoms. The first-order valence-corrected chi connectivity index (χ1v) is 12.6. The number of piperidine rings is 1. The van der Waals surface area contributed by atoms with E-state index >= 15 is 0 Å². The van der Waals surface area contributed by atoms with E-state index in [1.807, 2.05) is 72.2 Å². The van der Waals surface area contributed by atoms with Crippen LogP contribution in [0.1, 0.15) is 42.6 Å². The molecule has 0 spiro atoms. The minimum Gasteiger partial charge on any atom is -0.492 e. The van der Waals surface area contributed by atoms with Gasteiger partial charge in [-0.05, 0) is 57.4 Å². The molecule has 2 saturated heterocycles. The number of aliphatic imine (C=N–C) groups is 1. The van der Waals surface area contributed by atoms with Crippen LogP contribution >= 0.6 is 11.8 Å². The Hall–Kier alpha value is -2.80. The molecule has 174 valence electrons. The van der Waals surface area contributed by atoms with Crippen LogP contribution in [0.2, 0.25) is 0 Å². The maximum atomic E-state index is 13.5. The van der Waals surface area contributed by atoms with Gasteiger partial charge in [0.2, 0.25) is 5.91 Å². The fourth-order valence-corrected chi connectivity index (χ4v) is 5.48. The number of hydrogen-bond acceptors (Lipinski definition) is 5. The van der Waals surface area contributed by atoms with Crippen molar-refractivity contribution in [1.29, 1.82) is 0 Å². The van der Waals surface area contributed by atoms with Crippen molar-refractivity contribution in [2.45, 2.75) is 39.7 Å². The number of benzene rings is 2. The average Bonchev–Trinajstić information content (AvgIpc) is 3.20. The number of nitrogens with zero attached hydrogens (tertiary/aromatic N) is 3. The first-order chi connectivity index (χ1) is 16.0. The van der Waals surface area contributed by atoms with Gasteiger partial charge < -0.3 is 9.64 Å². The van der Waals surface area contributed by atoms with Gasteiger partial charge >= 0.3 is 0 Å². The zero-order valence-electron chi connectivity index (χ0n) is 19.5. The van der Waals surface area contributed by atoms with Crippen LogP contribution in [0, 0.1) is 12.8 Å². The number of para-hydroxylation sites is 2. The molecule has 2 aliphatic heterocycles. The van der Waals surface area contributed by atoms with E-state index in [9.17, 15) is 9.59 Å². The lowest BCUT2D eigenvalue weighted by Gasteiger charge is -2.34. The molecule has 2 amide bonds. The van der Waals surface area contributed by atoms with Crippen LogP contribution in [-0.4, -0.2) is 58.3 Å². The number of amidine groups is 1. The lowest BCUT2D eigenvalue weighted by Crippen LogP contribution is -2.46. The molecule has 2 fully saturated rings. The third kappa shape index (κ3) is 5.08. The Morgan fingerprint density at radius 1 is 1.09 bits per heavy atom. The molecule has 2 aromatic rings. The summed E-state index contributed by atoms with van der Waals surface area (Å²) in [5, 5.41) is 0.734.